The fourth-order valence-corrected chi connectivity index (χ4v) is 4.44. The van der Waals surface area contributed by atoms with E-state index in [1.54, 1.807) is 18.6 Å². The minimum atomic E-state index is 0.100. The molecular weight excluding hydrogens is 434 g/mol. The van der Waals surface area contributed by atoms with Crippen LogP contribution in [0, 0.1) is 25.7 Å². The molecular formula is C29H29N5O. The first-order chi connectivity index (χ1) is 17.1. The number of fused-ring (bicyclic) bond motifs is 1. The second-order valence-corrected chi connectivity index (χ2v) is 9.11. The average Bonchev–Trinajstić information content (AvgIpc) is 3.29. The maximum absolute atomic E-state index is 13.1. The number of imidazole rings is 1. The number of piperazine rings is 1. The molecule has 0 bridgehead atoms. The smallest absolute Gasteiger partial charge is 0.167 e. The Labute approximate surface area is 206 Å². The number of nitrogens with one attached hydrogen (secondary N) is 1. The lowest BCUT2D eigenvalue weighted by molar-refractivity contribution is 0.0993. The maximum Gasteiger partial charge on any atom is 0.167 e. The average molecular weight is 464 g/mol. The first-order valence-corrected chi connectivity index (χ1v) is 12.0. The van der Waals surface area contributed by atoms with E-state index in [1.165, 1.54) is 11.1 Å². The molecule has 6 heteroatoms. The van der Waals surface area contributed by atoms with Gasteiger partial charge in [0.15, 0.2) is 11.4 Å². The monoisotopic (exact) mass is 463 g/mol. The van der Waals surface area contributed by atoms with Gasteiger partial charge in [0.05, 0.1) is 12.4 Å². The number of carbonyl (C=O) groups is 1. The fourth-order valence-electron chi connectivity index (χ4n) is 4.44. The molecule has 1 N–H and O–H groups in total. The zero-order valence-electron chi connectivity index (χ0n) is 20.2. The number of carbonyl (C=O) groups excluding carboxylic acids is 1. The molecule has 0 saturated carbocycles. The molecule has 35 heavy (non-hydrogen) atoms. The molecule has 1 aliphatic heterocycles. The van der Waals surface area contributed by atoms with Crippen LogP contribution in [0.3, 0.4) is 0 Å². The predicted molar refractivity (Wildman–Crippen MR) is 138 cm³/mol. The molecule has 2 aromatic carbocycles. The van der Waals surface area contributed by atoms with Crippen LogP contribution in [0.5, 0.6) is 0 Å². The molecule has 1 aliphatic rings. The molecule has 3 heterocycles. The SMILES string of the molecule is Cc1ccc(C(=O)Cc2ccc(CN3CCNCC3)c(C)c2)cc1C#Cc1cnc2cnccn12. The van der Waals surface area contributed by atoms with Crippen molar-refractivity contribution in [2.45, 2.75) is 26.8 Å². The Balaban J connectivity index is 1.31. The summed E-state index contributed by atoms with van der Waals surface area (Å²) in [6, 6.07) is 12.2. The number of hydrogen-bond donors (Lipinski definition) is 1. The Morgan fingerprint density at radius 1 is 1.03 bits per heavy atom. The quantitative estimate of drug-likeness (QED) is 0.362. The van der Waals surface area contributed by atoms with Gasteiger partial charge in [-0.2, -0.15) is 0 Å². The van der Waals surface area contributed by atoms with Crippen LogP contribution in [0.15, 0.2) is 61.2 Å². The number of hydrogen-bond acceptors (Lipinski definition) is 5. The molecule has 5 rings (SSSR count). The molecule has 6 nitrogen and oxygen atoms in total. The first kappa shape index (κ1) is 23.0. The molecule has 0 radical (unpaired) electrons. The number of benzene rings is 2. The summed E-state index contributed by atoms with van der Waals surface area (Å²) in [4.78, 5) is 24.0. The van der Waals surface area contributed by atoms with Crippen molar-refractivity contribution < 1.29 is 4.79 Å². The van der Waals surface area contributed by atoms with E-state index in [-0.39, 0.29) is 5.78 Å². The van der Waals surface area contributed by atoms with Crippen molar-refractivity contribution in [1.29, 1.82) is 0 Å². The number of aromatic nitrogens is 3. The van der Waals surface area contributed by atoms with Crippen LogP contribution >= 0.6 is 0 Å². The van der Waals surface area contributed by atoms with Crippen molar-refractivity contribution in [1.82, 2.24) is 24.6 Å². The van der Waals surface area contributed by atoms with Gasteiger partial charge in [0.1, 0.15) is 5.69 Å². The van der Waals surface area contributed by atoms with Crippen LogP contribution in [-0.2, 0) is 13.0 Å². The van der Waals surface area contributed by atoms with Crippen LogP contribution in [-0.4, -0.2) is 51.2 Å². The Kier molecular flexibility index (Phi) is 6.71. The number of nitrogens with zero attached hydrogens (tertiary/aromatic N) is 4. The van der Waals surface area contributed by atoms with Crippen molar-refractivity contribution in [2.24, 2.45) is 0 Å². The molecule has 0 unspecified atom stereocenters. The molecule has 4 aromatic rings. The Morgan fingerprint density at radius 2 is 1.89 bits per heavy atom. The van der Waals surface area contributed by atoms with Gasteiger partial charge in [-0.05, 0) is 48.1 Å². The van der Waals surface area contributed by atoms with Crippen molar-refractivity contribution in [3.05, 3.63) is 100 Å². The molecule has 0 spiro atoms. The summed E-state index contributed by atoms with van der Waals surface area (Å²) in [6.45, 7) is 9.36. The van der Waals surface area contributed by atoms with Gasteiger partial charge in [-0.15, -0.1) is 0 Å². The minimum Gasteiger partial charge on any atom is -0.314 e. The summed E-state index contributed by atoms with van der Waals surface area (Å²) in [6.07, 6.45) is 7.38. The van der Waals surface area contributed by atoms with Gasteiger partial charge in [-0.3, -0.25) is 19.1 Å². The van der Waals surface area contributed by atoms with Gasteiger partial charge in [0, 0.05) is 62.7 Å². The van der Waals surface area contributed by atoms with Crippen LogP contribution in [0.2, 0.25) is 0 Å². The van der Waals surface area contributed by atoms with E-state index in [2.05, 4.69) is 57.1 Å². The Hall–Kier alpha value is -3.79. The van der Waals surface area contributed by atoms with Crippen molar-refractivity contribution in [3.8, 4) is 11.8 Å². The molecule has 2 aromatic heterocycles. The predicted octanol–water partition coefficient (Wildman–Crippen LogP) is 3.58. The number of ketones is 1. The van der Waals surface area contributed by atoms with Crippen LogP contribution in [0.25, 0.3) is 5.65 Å². The lowest BCUT2D eigenvalue weighted by Gasteiger charge is -2.27. The fraction of sp³-hybridized carbons (Fsp3) is 0.276. The minimum absolute atomic E-state index is 0.100. The molecule has 0 aliphatic carbocycles. The highest BCUT2D eigenvalue weighted by molar-refractivity contribution is 5.98. The van der Waals surface area contributed by atoms with Crippen molar-refractivity contribution in [2.75, 3.05) is 26.2 Å². The van der Waals surface area contributed by atoms with E-state index >= 15 is 0 Å². The maximum atomic E-state index is 13.1. The van der Waals surface area contributed by atoms with E-state index < -0.39 is 0 Å². The van der Waals surface area contributed by atoms with Gasteiger partial charge < -0.3 is 5.32 Å². The van der Waals surface area contributed by atoms with Crippen molar-refractivity contribution >= 4 is 11.4 Å². The number of Topliss-reactive ketones (excluding diaryl/α,β-unsaturated/α-hetero) is 1. The highest BCUT2D eigenvalue weighted by atomic mass is 16.1. The largest absolute Gasteiger partial charge is 0.314 e. The summed E-state index contributed by atoms with van der Waals surface area (Å²) in [5, 5.41) is 3.40. The summed E-state index contributed by atoms with van der Waals surface area (Å²) in [5.74, 6) is 6.52. The summed E-state index contributed by atoms with van der Waals surface area (Å²) < 4.78 is 1.90. The zero-order valence-corrected chi connectivity index (χ0v) is 20.2. The van der Waals surface area contributed by atoms with Crippen LogP contribution in [0.4, 0.5) is 0 Å². The Bertz CT molecular complexity index is 1440. The highest BCUT2D eigenvalue weighted by Crippen LogP contribution is 2.18. The van der Waals surface area contributed by atoms with Gasteiger partial charge in [-0.25, -0.2) is 4.98 Å². The van der Waals surface area contributed by atoms with Gasteiger partial charge in [0.2, 0.25) is 0 Å². The van der Waals surface area contributed by atoms with Crippen molar-refractivity contribution in [3.63, 3.8) is 0 Å². The van der Waals surface area contributed by atoms with Crippen LogP contribution in [0.1, 0.15) is 43.9 Å². The van der Waals surface area contributed by atoms with E-state index in [0.717, 1.165) is 60.8 Å². The number of rotatable bonds is 5. The highest BCUT2D eigenvalue weighted by Gasteiger charge is 2.13. The van der Waals surface area contributed by atoms with E-state index in [4.69, 9.17) is 0 Å². The Morgan fingerprint density at radius 3 is 2.71 bits per heavy atom. The molecule has 0 atom stereocenters. The first-order valence-electron chi connectivity index (χ1n) is 12.0. The molecule has 0 amide bonds. The van der Waals surface area contributed by atoms with E-state index in [1.807, 2.05) is 35.7 Å². The third-order valence-corrected chi connectivity index (χ3v) is 6.58. The van der Waals surface area contributed by atoms with Crippen LogP contribution < -0.4 is 5.32 Å². The normalized spacial score (nSPS) is 14.0. The summed E-state index contributed by atoms with van der Waals surface area (Å²) in [7, 11) is 0. The second kappa shape index (κ2) is 10.2. The lowest BCUT2D eigenvalue weighted by Crippen LogP contribution is -2.42. The van der Waals surface area contributed by atoms with E-state index in [0.29, 0.717) is 12.0 Å². The standard InChI is InChI=1S/C29H29N5O/c1-21-3-5-25(17-24(21)7-8-27-18-32-29-19-31-11-14-34(27)29)28(35)16-23-4-6-26(22(2)15-23)20-33-12-9-30-10-13-33/h3-6,11,14-15,17-19,30H,9-10,12-13,16,20H2,1-2H3. The van der Waals surface area contributed by atoms with Gasteiger partial charge in [-0.1, -0.05) is 36.3 Å². The second-order valence-electron chi connectivity index (χ2n) is 9.11. The zero-order chi connectivity index (χ0) is 24.2. The van der Waals surface area contributed by atoms with Gasteiger partial charge in [0.25, 0.3) is 0 Å². The van der Waals surface area contributed by atoms with E-state index in [9.17, 15) is 4.79 Å². The third-order valence-electron chi connectivity index (χ3n) is 6.58. The number of aryl methyl sites for hydroxylation is 2. The third kappa shape index (κ3) is 5.32. The lowest BCUT2D eigenvalue weighted by atomic mass is 9.96. The molecule has 176 valence electrons. The summed E-state index contributed by atoms with van der Waals surface area (Å²) in [5.41, 5.74) is 7.74. The summed E-state index contributed by atoms with van der Waals surface area (Å²) >= 11 is 0. The van der Waals surface area contributed by atoms with Gasteiger partial charge >= 0.3 is 0 Å². The topological polar surface area (TPSA) is 62.5 Å². The molecule has 1 fully saturated rings. The molecule has 1 saturated heterocycles.